The predicted molar refractivity (Wildman–Crippen MR) is 127 cm³/mol. The molecule has 2 amide bonds. The Hall–Kier alpha value is -2.93. The molecule has 3 atom stereocenters. The molecule has 198 valence electrons. The summed E-state index contributed by atoms with van der Waals surface area (Å²) in [6.07, 6.45) is -0.328. The highest BCUT2D eigenvalue weighted by Gasteiger charge is 2.43. The number of hydrogen-bond acceptors (Lipinski definition) is 5. The lowest BCUT2D eigenvalue weighted by Crippen LogP contribution is -2.58. The van der Waals surface area contributed by atoms with Crippen molar-refractivity contribution in [1.82, 2.24) is 9.80 Å². The summed E-state index contributed by atoms with van der Waals surface area (Å²) >= 11 is 5.93. The van der Waals surface area contributed by atoms with Crippen LogP contribution in [0.1, 0.15) is 57.6 Å². The van der Waals surface area contributed by atoms with Crippen LogP contribution in [0.25, 0.3) is 0 Å². The molecule has 0 N–H and O–H groups in total. The number of rotatable bonds is 7. The van der Waals surface area contributed by atoms with Gasteiger partial charge in [-0.2, -0.15) is 13.2 Å². The van der Waals surface area contributed by atoms with Crippen LogP contribution in [0.4, 0.5) is 22.8 Å². The number of amides is 2. The van der Waals surface area contributed by atoms with E-state index in [9.17, 15) is 27.6 Å². The summed E-state index contributed by atoms with van der Waals surface area (Å²) in [6.45, 7) is 5.03. The number of terminal acetylenes is 1. The number of methoxy groups -OCH3 is 1. The molecule has 11 heteroatoms. The van der Waals surface area contributed by atoms with E-state index >= 15 is 0 Å². The summed E-state index contributed by atoms with van der Waals surface area (Å²) in [7, 11) is 1.17. The van der Waals surface area contributed by atoms with Crippen LogP contribution >= 0.6 is 11.6 Å². The molecular formula is C25H30ClF3N2O5. The SMILES string of the molecule is C#CC(=O)CC1CC(N(Cc2cc(Cl)cc(C(F)(F)F)c2)C(=O)OC)CC(CC)N1C(=O)OC(C)C. The summed E-state index contributed by atoms with van der Waals surface area (Å²) in [5.41, 5.74) is -0.781. The second kappa shape index (κ2) is 12.3. The van der Waals surface area contributed by atoms with E-state index in [1.807, 2.05) is 12.8 Å². The number of hydrogen-bond donors (Lipinski definition) is 0. The van der Waals surface area contributed by atoms with Crippen LogP contribution < -0.4 is 0 Å². The topological polar surface area (TPSA) is 76.2 Å². The molecule has 3 unspecified atom stereocenters. The molecule has 7 nitrogen and oxygen atoms in total. The summed E-state index contributed by atoms with van der Waals surface area (Å²) in [5.74, 6) is 1.52. The molecule has 1 heterocycles. The number of halogens is 4. The molecule has 1 aromatic rings. The maximum atomic E-state index is 13.3. The van der Waals surface area contributed by atoms with E-state index in [0.717, 1.165) is 12.1 Å². The Morgan fingerprint density at radius 2 is 1.86 bits per heavy atom. The number of piperidine rings is 1. The van der Waals surface area contributed by atoms with E-state index < -0.39 is 53.9 Å². The van der Waals surface area contributed by atoms with Crippen molar-refractivity contribution in [2.45, 2.75) is 83.4 Å². The number of ketones is 1. The normalized spacial score (nSPS) is 20.0. The van der Waals surface area contributed by atoms with E-state index in [2.05, 4.69) is 0 Å². The first kappa shape index (κ1) is 29.3. The maximum Gasteiger partial charge on any atom is 0.416 e. The highest BCUT2D eigenvalue weighted by molar-refractivity contribution is 6.30. The molecule has 1 saturated heterocycles. The summed E-state index contributed by atoms with van der Waals surface area (Å²) < 4.78 is 50.3. The first-order valence-corrected chi connectivity index (χ1v) is 11.9. The Morgan fingerprint density at radius 1 is 1.22 bits per heavy atom. The van der Waals surface area contributed by atoms with Crippen molar-refractivity contribution in [1.29, 1.82) is 0 Å². The fourth-order valence-corrected chi connectivity index (χ4v) is 4.70. The van der Waals surface area contributed by atoms with Crippen molar-refractivity contribution in [2.24, 2.45) is 0 Å². The van der Waals surface area contributed by atoms with Crippen LogP contribution in [0.5, 0.6) is 0 Å². The summed E-state index contributed by atoms with van der Waals surface area (Å²) in [6, 6.07) is 1.42. The molecule has 1 fully saturated rings. The fraction of sp³-hybridized carbons (Fsp3) is 0.560. The van der Waals surface area contributed by atoms with Crippen molar-refractivity contribution in [3.63, 3.8) is 0 Å². The molecule has 1 aliphatic heterocycles. The standard InChI is InChI=1S/C25H30ClF3N2O5/c1-6-19-11-20(12-21(13-22(32)7-2)31(19)24(34)36-15(3)4)30(23(33)35-5)14-16-8-17(25(27,28)29)10-18(26)9-16/h2,8-10,15,19-21H,6,11-14H2,1,3-5H3. The Balaban J connectivity index is 2.44. The number of benzene rings is 1. The molecule has 0 saturated carbocycles. The van der Waals surface area contributed by atoms with E-state index in [4.69, 9.17) is 27.5 Å². The molecule has 36 heavy (non-hydrogen) atoms. The maximum absolute atomic E-state index is 13.3. The average molecular weight is 531 g/mol. The van der Waals surface area contributed by atoms with Gasteiger partial charge in [0.1, 0.15) is 0 Å². The molecule has 0 bridgehead atoms. The minimum atomic E-state index is -4.62. The lowest BCUT2D eigenvalue weighted by atomic mass is 9.86. The van der Waals surface area contributed by atoms with Gasteiger partial charge < -0.3 is 19.3 Å². The van der Waals surface area contributed by atoms with Crippen LogP contribution in [-0.2, 0) is 27.0 Å². The van der Waals surface area contributed by atoms with Gasteiger partial charge >= 0.3 is 18.4 Å². The van der Waals surface area contributed by atoms with Crippen molar-refractivity contribution in [3.05, 3.63) is 34.3 Å². The Labute approximate surface area is 213 Å². The molecule has 0 aliphatic carbocycles. The predicted octanol–water partition coefficient (Wildman–Crippen LogP) is 5.68. The van der Waals surface area contributed by atoms with Gasteiger partial charge in [0.15, 0.2) is 0 Å². The van der Waals surface area contributed by atoms with Crippen molar-refractivity contribution < 1.29 is 37.0 Å². The van der Waals surface area contributed by atoms with Gasteiger partial charge in [-0.15, -0.1) is 6.42 Å². The lowest BCUT2D eigenvalue weighted by molar-refractivity contribution is -0.137. The third-order valence-electron chi connectivity index (χ3n) is 5.96. The second-order valence-corrected chi connectivity index (χ2v) is 9.33. The van der Waals surface area contributed by atoms with Crippen molar-refractivity contribution >= 4 is 29.6 Å². The van der Waals surface area contributed by atoms with E-state index in [-0.39, 0.29) is 30.0 Å². The lowest BCUT2D eigenvalue weighted by Gasteiger charge is -2.47. The van der Waals surface area contributed by atoms with E-state index in [1.165, 1.54) is 23.0 Å². The van der Waals surface area contributed by atoms with Gasteiger partial charge in [0.2, 0.25) is 5.78 Å². The Morgan fingerprint density at radius 3 is 2.39 bits per heavy atom. The first-order valence-electron chi connectivity index (χ1n) is 11.5. The van der Waals surface area contributed by atoms with E-state index in [0.29, 0.717) is 12.8 Å². The second-order valence-electron chi connectivity index (χ2n) is 8.90. The smallest absolute Gasteiger partial charge is 0.416 e. The number of carbonyl (C=O) groups is 3. The van der Waals surface area contributed by atoms with Gasteiger partial charge in [-0.05, 0) is 62.8 Å². The zero-order valence-electron chi connectivity index (χ0n) is 20.6. The third kappa shape index (κ3) is 7.53. The van der Waals surface area contributed by atoms with Gasteiger partial charge in [0.25, 0.3) is 0 Å². The highest BCUT2D eigenvalue weighted by atomic mass is 35.5. The number of likely N-dealkylation sites (tertiary alicyclic amines) is 1. The monoisotopic (exact) mass is 530 g/mol. The first-order chi connectivity index (χ1) is 16.8. The van der Waals surface area contributed by atoms with Crippen LogP contribution in [0.3, 0.4) is 0 Å². The number of ether oxygens (including phenoxy) is 2. The molecule has 0 spiro atoms. The highest BCUT2D eigenvalue weighted by Crippen LogP contribution is 2.35. The Bertz CT molecular complexity index is 1010. The summed E-state index contributed by atoms with van der Waals surface area (Å²) in [4.78, 5) is 40.6. The molecule has 1 aliphatic rings. The van der Waals surface area contributed by atoms with Gasteiger partial charge in [-0.3, -0.25) is 4.79 Å². The van der Waals surface area contributed by atoms with E-state index in [1.54, 1.807) is 13.8 Å². The van der Waals surface area contributed by atoms with Gasteiger partial charge in [-0.25, -0.2) is 9.59 Å². The van der Waals surface area contributed by atoms with Gasteiger partial charge in [0.05, 0.1) is 18.8 Å². The quantitative estimate of drug-likeness (QED) is 0.335. The van der Waals surface area contributed by atoms with Crippen LogP contribution in [0.15, 0.2) is 18.2 Å². The van der Waals surface area contributed by atoms with Gasteiger partial charge in [0, 0.05) is 36.1 Å². The molecule has 0 aromatic heterocycles. The third-order valence-corrected chi connectivity index (χ3v) is 6.18. The Kier molecular flexibility index (Phi) is 10.1. The zero-order valence-corrected chi connectivity index (χ0v) is 21.4. The number of carbonyl (C=O) groups excluding carboxylic acids is 3. The minimum Gasteiger partial charge on any atom is -0.453 e. The zero-order chi connectivity index (χ0) is 27.2. The molecular weight excluding hydrogens is 501 g/mol. The van der Waals surface area contributed by atoms with Crippen molar-refractivity contribution in [2.75, 3.05) is 7.11 Å². The van der Waals surface area contributed by atoms with Crippen LogP contribution in [0.2, 0.25) is 5.02 Å². The number of Topliss-reactive ketones (excluding diaryl/α,β-unsaturated/α-hetero) is 1. The molecule has 1 aromatic carbocycles. The van der Waals surface area contributed by atoms with Crippen LogP contribution in [-0.4, -0.2) is 59.1 Å². The molecule has 0 radical (unpaired) electrons. The largest absolute Gasteiger partial charge is 0.453 e. The van der Waals surface area contributed by atoms with Crippen LogP contribution in [0, 0.1) is 12.3 Å². The minimum absolute atomic E-state index is 0.125. The fourth-order valence-electron chi connectivity index (χ4n) is 4.44. The number of nitrogens with zero attached hydrogens (tertiary/aromatic N) is 2. The summed E-state index contributed by atoms with van der Waals surface area (Å²) in [5, 5.41) is -0.125. The van der Waals surface area contributed by atoms with Gasteiger partial charge in [-0.1, -0.05) is 18.5 Å². The molecule has 2 rings (SSSR count). The number of alkyl halides is 3. The van der Waals surface area contributed by atoms with Crippen molar-refractivity contribution in [3.8, 4) is 12.3 Å². The average Bonchev–Trinajstić information content (AvgIpc) is 2.79.